The molecule has 0 bridgehead atoms. The molecule has 1 N–H and O–H groups in total. The molecule has 2 saturated carbocycles. The second-order valence-electron chi connectivity index (χ2n) is 4.97. The second kappa shape index (κ2) is 3.62. The average Bonchev–Trinajstić information content (AvgIpc) is 3.12. The van der Waals surface area contributed by atoms with Crippen LogP contribution in [0, 0.1) is 5.92 Å². The van der Waals surface area contributed by atoms with Crippen molar-refractivity contribution in [3.63, 3.8) is 0 Å². The molecule has 2 aliphatic rings. The van der Waals surface area contributed by atoms with E-state index in [0.29, 0.717) is 18.0 Å². The predicted molar refractivity (Wildman–Crippen MR) is 65.4 cm³/mol. The summed E-state index contributed by atoms with van der Waals surface area (Å²) in [5.74, 6) is 0.726. The number of nitrogens with one attached hydrogen (secondary N) is 1. The van der Waals surface area contributed by atoms with Crippen molar-refractivity contribution in [2.24, 2.45) is 5.92 Å². The number of nitrogens with zero attached hydrogens (tertiary/aromatic N) is 1. The van der Waals surface area contributed by atoms with Gasteiger partial charge in [0.15, 0.2) is 0 Å². The van der Waals surface area contributed by atoms with Gasteiger partial charge in [-0.15, -0.1) is 0 Å². The van der Waals surface area contributed by atoms with E-state index in [1.54, 1.807) is 0 Å². The van der Waals surface area contributed by atoms with E-state index in [1.165, 1.54) is 12.8 Å². The molecule has 0 aliphatic heterocycles. The van der Waals surface area contributed by atoms with Crippen LogP contribution >= 0.6 is 15.9 Å². The van der Waals surface area contributed by atoms with Crippen molar-refractivity contribution in [3.05, 3.63) is 22.4 Å². The number of halogens is 1. The minimum Gasteiger partial charge on any atom is -0.348 e. The van der Waals surface area contributed by atoms with Gasteiger partial charge in [0.25, 0.3) is 5.91 Å². The van der Waals surface area contributed by atoms with Gasteiger partial charge in [0, 0.05) is 22.8 Å². The molecule has 3 nitrogen and oxygen atoms in total. The maximum atomic E-state index is 12.1. The first-order chi connectivity index (χ1) is 7.65. The third kappa shape index (κ3) is 1.90. The maximum absolute atomic E-state index is 12.1. The van der Waals surface area contributed by atoms with Gasteiger partial charge in [-0.25, -0.2) is 0 Å². The number of aromatic nitrogens is 1. The summed E-state index contributed by atoms with van der Waals surface area (Å²) in [5, 5.41) is 3.08. The summed E-state index contributed by atoms with van der Waals surface area (Å²) in [4.78, 5) is 12.1. The molecular weight excluding hydrogens is 268 g/mol. The summed E-state index contributed by atoms with van der Waals surface area (Å²) in [6, 6.07) is 2.86. The molecule has 1 aromatic heterocycles. The normalized spacial score (nSPS) is 27.9. The van der Waals surface area contributed by atoms with Crippen molar-refractivity contribution >= 4 is 21.8 Å². The van der Waals surface area contributed by atoms with Crippen molar-refractivity contribution in [1.29, 1.82) is 0 Å². The van der Waals surface area contributed by atoms with Crippen LogP contribution in [0.25, 0.3) is 0 Å². The molecule has 1 heterocycles. The number of carbonyl (C=O) groups is 1. The number of rotatable bonds is 3. The molecule has 2 aliphatic carbocycles. The third-order valence-electron chi connectivity index (χ3n) is 3.41. The Kier molecular flexibility index (Phi) is 2.35. The summed E-state index contributed by atoms with van der Waals surface area (Å²) in [6.07, 6.45) is 5.53. The van der Waals surface area contributed by atoms with Gasteiger partial charge in [0.1, 0.15) is 5.69 Å². The van der Waals surface area contributed by atoms with Crippen LogP contribution in [-0.2, 0) is 0 Å². The van der Waals surface area contributed by atoms with Crippen LogP contribution in [0.1, 0.15) is 42.7 Å². The van der Waals surface area contributed by atoms with E-state index in [1.807, 2.05) is 12.3 Å². The first-order valence-electron chi connectivity index (χ1n) is 5.83. The quantitative estimate of drug-likeness (QED) is 0.909. The van der Waals surface area contributed by atoms with Crippen LogP contribution < -0.4 is 5.32 Å². The Morgan fingerprint density at radius 2 is 2.25 bits per heavy atom. The van der Waals surface area contributed by atoms with Crippen LogP contribution in [0.5, 0.6) is 0 Å². The molecule has 2 fully saturated rings. The van der Waals surface area contributed by atoms with E-state index in [4.69, 9.17) is 0 Å². The molecule has 1 aromatic rings. The Balaban J connectivity index is 1.78. The fraction of sp³-hybridized carbons (Fsp3) is 0.583. The van der Waals surface area contributed by atoms with Gasteiger partial charge in [0.2, 0.25) is 0 Å². The molecule has 0 radical (unpaired) electrons. The van der Waals surface area contributed by atoms with Gasteiger partial charge >= 0.3 is 0 Å². The van der Waals surface area contributed by atoms with E-state index >= 15 is 0 Å². The summed E-state index contributed by atoms with van der Waals surface area (Å²) in [7, 11) is 0. The standard InChI is InChI=1S/C12H15BrN2O/c1-7-4-10(7)14-12(16)11-5-8(13)6-15(11)9-2-3-9/h5-7,9-10H,2-4H2,1H3,(H,14,16). The molecule has 0 aromatic carbocycles. The maximum Gasteiger partial charge on any atom is 0.268 e. The van der Waals surface area contributed by atoms with E-state index in [9.17, 15) is 4.79 Å². The smallest absolute Gasteiger partial charge is 0.268 e. The summed E-state index contributed by atoms with van der Waals surface area (Å²) in [6.45, 7) is 2.17. The zero-order valence-corrected chi connectivity index (χ0v) is 10.8. The van der Waals surface area contributed by atoms with Crippen LogP contribution in [0.15, 0.2) is 16.7 Å². The molecule has 1 amide bonds. The van der Waals surface area contributed by atoms with Gasteiger partial charge in [0.05, 0.1) is 0 Å². The fourth-order valence-electron chi connectivity index (χ4n) is 2.05. The lowest BCUT2D eigenvalue weighted by molar-refractivity contribution is 0.0940. The lowest BCUT2D eigenvalue weighted by Gasteiger charge is -2.07. The van der Waals surface area contributed by atoms with E-state index < -0.39 is 0 Å². The van der Waals surface area contributed by atoms with E-state index in [2.05, 4.69) is 32.7 Å². The van der Waals surface area contributed by atoms with Crippen molar-refractivity contribution in [2.45, 2.75) is 38.3 Å². The van der Waals surface area contributed by atoms with Gasteiger partial charge in [-0.3, -0.25) is 4.79 Å². The highest BCUT2D eigenvalue weighted by Crippen LogP contribution is 2.37. The number of amides is 1. The summed E-state index contributed by atoms with van der Waals surface area (Å²) >= 11 is 3.44. The van der Waals surface area contributed by atoms with E-state index in [-0.39, 0.29) is 5.91 Å². The molecule has 3 rings (SSSR count). The van der Waals surface area contributed by atoms with Gasteiger partial charge in [-0.2, -0.15) is 0 Å². The van der Waals surface area contributed by atoms with Crippen LogP contribution in [0.3, 0.4) is 0 Å². The zero-order chi connectivity index (χ0) is 11.3. The average molecular weight is 283 g/mol. The Hall–Kier alpha value is -0.770. The third-order valence-corrected chi connectivity index (χ3v) is 3.85. The minimum absolute atomic E-state index is 0.0759. The molecule has 2 unspecified atom stereocenters. The lowest BCUT2D eigenvalue weighted by Crippen LogP contribution is -2.28. The van der Waals surface area contributed by atoms with Gasteiger partial charge in [-0.1, -0.05) is 6.92 Å². The zero-order valence-electron chi connectivity index (χ0n) is 9.24. The van der Waals surface area contributed by atoms with Crippen molar-refractivity contribution in [1.82, 2.24) is 9.88 Å². The van der Waals surface area contributed by atoms with Crippen LogP contribution in [-0.4, -0.2) is 16.5 Å². The highest BCUT2D eigenvalue weighted by atomic mass is 79.9. The van der Waals surface area contributed by atoms with Crippen molar-refractivity contribution in [3.8, 4) is 0 Å². The molecule has 0 saturated heterocycles. The molecule has 0 spiro atoms. The van der Waals surface area contributed by atoms with Crippen molar-refractivity contribution in [2.75, 3.05) is 0 Å². The van der Waals surface area contributed by atoms with Crippen molar-refractivity contribution < 1.29 is 4.79 Å². The fourth-order valence-corrected chi connectivity index (χ4v) is 2.49. The monoisotopic (exact) mass is 282 g/mol. The second-order valence-corrected chi connectivity index (χ2v) is 5.89. The van der Waals surface area contributed by atoms with Crippen LogP contribution in [0.4, 0.5) is 0 Å². The lowest BCUT2D eigenvalue weighted by atomic mass is 10.3. The van der Waals surface area contributed by atoms with Crippen LogP contribution in [0.2, 0.25) is 0 Å². The molecule has 16 heavy (non-hydrogen) atoms. The Bertz CT molecular complexity index is 436. The highest BCUT2D eigenvalue weighted by molar-refractivity contribution is 9.10. The number of carbonyl (C=O) groups excluding carboxylic acids is 1. The number of hydrogen-bond acceptors (Lipinski definition) is 1. The highest BCUT2D eigenvalue weighted by Gasteiger charge is 2.35. The minimum atomic E-state index is 0.0759. The van der Waals surface area contributed by atoms with Gasteiger partial charge in [-0.05, 0) is 47.2 Å². The first-order valence-corrected chi connectivity index (χ1v) is 6.62. The molecule has 2 atom stereocenters. The Morgan fingerprint density at radius 3 is 2.81 bits per heavy atom. The molecule has 86 valence electrons. The Labute approximate surface area is 103 Å². The summed E-state index contributed by atoms with van der Waals surface area (Å²) in [5.41, 5.74) is 0.800. The summed E-state index contributed by atoms with van der Waals surface area (Å²) < 4.78 is 3.10. The van der Waals surface area contributed by atoms with E-state index in [0.717, 1.165) is 16.6 Å². The topological polar surface area (TPSA) is 34.0 Å². The molecular formula is C12H15BrN2O. The SMILES string of the molecule is CC1CC1NC(=O)c1cc(Br)cn1C1CC1. The van der Waals surface area contributed by atoms with Gasteiger partial charge < -0.3 is 9.88 Å². The predicted octanol–water partition coefficient (Wildman–Crippen LogP) is 2.72. The Morgan fingerprint density at radius 1 is 1.56 bits per heavy atom. The first kappa shape index (κ1) is 10.4. The largest absolute Gasteiger partial charge is 0.348 e. The number of hydrogen-bond donors (Lipinski definition) is 1. The molecule has 4 heteroatoms.